The summed E-state index contributed by atoms with van der Waals surface area (Å²) in [7, 11) is 0. The van der Waals surface area contributed by atoms with Crippen LogP contribution in [-0.2, 0) is 23.9 Å². The molecule has 5 heteroatoms. The van der Waals surface area contributed by atoms with Crippen LogP contribution in [0.4, 0.5) is 0 Å². The van der Waals surface area contributed by atoms with Crippen LogP contribution in [0.2, 0.25) is 0 Å². The molecule has 0 aromatic rings. The molecule has 0 spiro atoms. The summed E-state index contributed by atoms with van der Waals surface area (Å²) in [5.41, 5.74) is 1.04. The molecule has 0 N–H and O–H groups in total. The van der Waals surface area contributed by atoms with Crippen molar-refractivity contribution in [3.63, 3.8) is 0 Å². The molecule has 5 nitrogen and oxygen atoms in total. The van der Waals surface area contributed by atoms with E-state index in [1.54, 1.807) is 0 Å². The van der Waals surface area contributed by atoms with Gasteiger partial charge in [-0.1, -0.05) is 58.4 Å². The minimum atomic E-state index is -0.276. The average molecular weight is 487 g/mol. The Bertz CT molecular complexity index is 846. The Labute approximate surface area is 211 Å². The van der Waals surface area contributed by atoms with Crippen molar-refractivity contribution in [1.82, 2.24) is 0 Å². The van der Waals surface area contributed by atoms with Crippen molar-refractivity contribution < 1.29 is 23.9 Å². The first-order valence-electron chi connectivity index (χ1n) is 14.3. The van der Waals surface area contributed by atoms with Gasteiger partial charge in [0.05, 0.1) is 0 Å². The van der Waals surface area contributed by atoms with Gasteiger partial charge in [-0.15, -0.1) is 0 Å². The molecule has 196 valence electrons. The average Bonchev–Trinajstić information content (AvgIpc) is 3.11. The van der Waals surface area contributed by atoms with Gasteiger partial charge in [0.15, 0.2) is 0 Å². The van der Waals surface area contributed by atoms with Crippen molar-refractivity contribution in [2.24, 2.45) is 28.6 Å². The zero-order chi connectivity index (χ0) is 25.2. The van der Waals surface area contributed by atoms with Crippen LogP contribution >= 0.6 is 0 Å². The molecule has 0 saturated heterocycles. The Kier molecular flexibility index (Phi) is 8.12. The van der Waals surface area contributed by atoms with E-state index < -0.39 is 0 Å². The molecule has 7 atom stereocenters. The maximum absolute atomic E-state index is 13.0. The minimum absolute atomic E-state index is 0.0243. The molecule has 0 radical (unpaired) electrons. The molecule has 3 fully saturated rings. The number of carbonyl (C=O) groups is 3. The van der Waals surface area contributed by atoms with Crippen molar-refractivity contribution in [2.45, 2.75) is 130 Å². The first-order chi connectivity index (χ1) is 16.7. The molecule has 4 unspecified atom stereocenters. The van der Waals surface area contributed by atoms with E-state index in [1.807, 2.05) is 0 Å². The molecule has 4 rings (SSSR count). The van der Waals surface area contributed by atoms with Gasteiger partial charge < -0.3 is 9.47 Å². The molecule has 0 aromatic heterocycles. The van der Waals surface area contributed by atoms with Crippen LogP contribution in [0.5, 0.6) is 0 Å². The number of hydrogen-bond acceptors (Lipinski definition) is 5. The van der Waals surface area contributed by atoms with Crippen LogP contribution in [0.1, 0.15) is 118 Å². The molecule has 0 heterocycles. The molecule has 0 aliphatic heterocycles. The molecule has 3 saturated carbocycles. The number of Topliss-reactive ketones (excluding diaryl/α,β-unsaturated/α-hetero) is 1. The lowest BCUT2D eigenvalue weighted by Gasteiger charge is -2.58. The Balaban J connectivity index is 1.53. The maximum atomic E-state index is 13.0. The third kappa shape index (κ3) is 5.25. The van der Waals surface area contributed by atoms with Crippen LogP contribution < -0.4 is 0 Å². The number of carbonyl (C=O) groups excluding carboxylic acids is 3. The van der Waals surface area contributed by atoms with Crippen LogP contribution in [0.25, 0.3) is 0 Å². The van der Waals surface area contributed by atoms with Gasteiger partial charge in [-0.2, -0.15) is 0 Å². The highest BCUT2D eigenvalue weighted by atomic mass is 16.5. The number of unbranched alkanes of at least 4 members (excludes halogenated alkanes) is 5. The van der Waals surface area contributed by atoms with Crippen LogP contribution in [-0.4, -0.2) is 29.9 Å². The van der Waals surface area contributed by atoms with E-state index in [0.717, 1.165) is 51.4 Å². The molecule has 35 heavy (non-hydrogen) atoms. The SMILES string of the molecule is CCCCCCCCC(=O)OC1C=C2C[C@@H](OC(C)=O)CC[C@]2(C)C2CC[C@]3(C)C(=O)CCC3C12. The first kappa shape index (κ1) is 26.4. The van der Waals surface area contributed by atoms with Gasteiger partial charge in [-0.05, 0) is 61.9 Å². The van der Waals surface area contributed by atoms with Gasteiger partial charge >= 0.3 is 11.9 Å². The van der Waals surface area contributed by atoms with E-state index in [0.29, 0.717) is 24.5 Å². The smallest absolute Gasteiger partial charge is 0.306 e. The van der Waals surface area contributed by atoms with Crippen LogP contribution in [0, 0.1) is 28.6 Å². The van der Waals surface area contributed by atoms with Crippen LogP contribution in [0.15, 0.2) is 11.6 Å². The highest BCUT2D eigenvalue weighted by molar-refractivity contribution is 5.87. The van der Waals surface area contributed by atoms with Crippen molar-refractivity contribution in [3.8, 4) is 0 Å². The summed E-state index contributed by atoms with van der Waals surface area (Å²) >= 11 is 0. The zero-order valence-corrected chi connectivity index (χ0v) is 22.4. The van der Waals surface area contributed by atoms with E-state index >= 15 is 0 Å². The monoisotopic (exact) mass is 486 g/mol. The standard InChI is InChI=1S/C30H46O5/c1-5-6-7-8-9-10-11-27(33)35-25-19-21-18-22(34-20(2)31)14-16-29(21,3)24-15-17-30(4)23(28(24)25)12-13-26(30)32/h19,22-25,28H,5-18H2,1-4H3/t22-,23?,24?,25?,28?,29-,30-/m0/s1. The fourth-order valence-electron chi connectivity index (χ4n) is 8.07. The van der Waals surface area contributed by atoms with Crippen molar-refractivity contribution in [1.29, 1.82) is 0 Å². The van der Waals surface area contributed by atoms with Gasteiger partial charge in [0.25, 0.3) is 0 Å². The van der Waals surface area contributed by atoms with Crippen molar-refractivity contribution >= 4 is 17.7 Å². The second-order valence-electron chi connectivity index (χ2n) is 12.3. The number of hydrogen-bond donors (Lipinski definition) is 0. The fraction of sp³-hybridized carbons (Fsp3) is 0.833. The number of rotatable bonds is 9. The molecule has 4 aliphatic carbocycles. The van der Waals surface area contributed by atoms with Gasteiger partial charge in [0.1, 0.15) is 18.0 Å². The Morgan fingerprint density at radius 2 is 1.63 bits per heavy atom. The van der Waals surface area contributed by atoms with Gasteiger partial charge in [0, 0.05) is 37.5 Å². The summed E-state index contributed by atoms with van der Waals surface area (Å²) in [6.45, 7) is 8.22. The van der Waals surface area contributed by atoms with E-state index in [4.69, 9.17) is 9.47 Å². The van der Waals surface area contributed by atoms with E-state index in [2.05, 4.69) is 26.8 Å². The van der Waals surface area contributed by atoms with Crippen molar-refractivity contribution in [2.75, 3.05) is 0 Å². The van der Waals surface area contributed by atoms with Gasteiger partial charge in [-0.25, -0.2) is 0 Å². The number of fused-ring (bicyclic) bond motifs is 5. The lowest BCUT2D eigenvalue weighted by atomic mass is 9.47. The molecule has 4 aliphatic rings. The topological polar surface area (TPSA) is 69.7 Å². The fourth-order valence-corrected chi connectivity index (χ4v) is 8.07. The molecule has 0 amide bonds. The van der Waals surface area contributed by atoms with E-state index in [9.17, 15) is 14.4 Å². The summed E-state index contributed by atoms with van der Waals surface area (Å²) in [6, 6.07) is 0. The quantitative estimate of drug-likeness (QED) is 0.205. The highest BCUT2D eigenvalue weighted by Crippen LogP contribution is 2.64. The predicted octanol–water partition coefficient (Wildman–Crippen LogP) is 6.72. The lowest BCUT2D eigenvalue weighted by molar-refractivity contribution is -0.161. The summed E-state index contributed by atoms with van der Waals surface area (Å²) in [5, 5.41) is 0. The second-order valence-corrected chi connectivity index (χ2v) is 12.3. The third-order valence-electron chi connectivity index (χ3n) is 10.1. The predicted molar refractivity (Wildman–Crippen MR) is 136 cm³/mol. The highest BCUT2D eigenvalue weighted by Gasteiger charge is 2.61. The number of esters is 2. The maximum Gasteiger partial charge on any atom is 0.306 e. The lowest BCUT2D eigenvalue weighted by Crippen LogP contribution is -2.55. The third-order valence-corrected chi connectivity index (χ3v) is 10.1. The zero-order valence-electron chi connectivity index (χ0n) is 22.4. The largest absolute Gasteiger partial charge is 0.462 e. The van der Waals surface area contributed by atoms with Gasteiger partial charge in [-0.3, -0.25) is 14.4 Å². The summed E-state index contributed by atoms with van der Waals surface area (Å²) in [4.78, 5) is 37.5. The Hall–Kier alpha value is -1.65. The molecule has 0 aromatic carbocycles. The Morgan fingerprint density at radius 1 is 0.943 bits per heavy atom. The molecular formula is C30H46O5. The summed E-state index contributed by atoms with van der Waals surface area (Å²) < 4.78 is 11.9. The van der Waals surface area contributed by atoms with Gasteiger partial charge in [0.2, 0.25) is 0 Å². The second kappa shape index (κ2) is 10.8. The first-order valence-corrected chi connectivity index (χ1v) is 14.3. The van der Waals surface area contributed by atoms with E-state index in [1.165, 1.54) is 38.2 Å². The number of ether oxygens (including phenoxy) is 2. The van der Waals surface area contributed by atoms with Crippen molar-refractivity contribution in [3.05, 3.63) is 11.6 Å². The summed E-state index contributed by atoms with van der Waals surface area (Å²) in [5.74, 6) is 0.948. The minimum Gasteiger partial charge on any atom is -0.462 e. The molecule has 0 bridgehead atoms. The molecular weight excluding hydrogens is 440 g/mol. The summed E-state index contributed by atoms with van der Waals surface area (Å²) in [6.07, 6.45) is 15.3. The Morgan fingerprint density at radius 3 is 2.37 bits per heavy atom. The normalized spacial score (nSPS) is 38.1. The number of ketones is 1. The van der Waals surface area contributed by atoms with Crippen LogP contribution in [0.3, 0.4) is 0 Å². The van der Waals surface area contributed by atoms with E-state index in [-0.39, 0.29) is 46.8 Å².